The molecule has 0 heterocycles. The summed E-state index contributed by atoms with van der Waals surface area (Å²) in [6, 6.07) is 4.42. The summed E-state index contributed by atoms with van der Waals surface area (Å²) < 4.78 is 13.9. The molecular weight excluding hydrogens is 261 g/mol. The summed E-state index contributed by atoms with van der Waals surface area (Å²) in [4.78, 5) is 0. The minimum absolute atomic E-state index is 0.0584. The Morgan fingerprint density at radius 2 is 1.86 bits per heavy atom. The number of rotatable bonds is 4. The first-order chi connectivity index (χ1) is 9.86. The molecule has 0 aromatic heterocycles. The predicted octanol–water partition coefficient (Wildman–Crippen LogP) is 5.31. The average molecular weight is 291 g/mol. The Morgan fingerprint density at radius 3 is 2.38 bits per heavy atom. The molecule has 2 heteroatoms. The van der Waals surface area contributed by atoms with Gasteiger partial charge in [-0.3, -0.25) is 0 Å². The highest BCUT2D eigenvalue weighted by molar-refractivity contribution is 5.33. The Morgan fingerprint density at radius 1 is 1.24 bits per heavy atom. The highest BCUT2D eigenvalue weighted by atomic mass is 19.1. The van der Waals surface area contributed by atoms with Gasteiger partial charge in [-0.15, -0.1) is 0 Å². The SMILES string of the molecule is CCNC(c1cc(C)c(F)c(C)c1)C1CCCCC1(C)C. The average Bonchev–Trinajstić information content (AvgIpc) is 2.42. The van der Waals surface area contributed by atoms with Gasteiger partial charge < -0.3 is 5.32 Å². The van der Waals surface area contributed by atoms with E-state index in [1.807, 2.05) is 26.0 Å². The Labute approximate surface area is 129 Å². The van der Waals surface area contributed by atoms with E-state index in [4.69, 9.17) is 0 Å². The van der Waals surface area contributed by atoms with Crippen molar-refractivity contribution in [2.45, 2.75) is 66.3 Å². The fourth-order valence-electron chi connectivity index (χ4n) is 4.01. The molecule has 1 nitrogen and oxygen atoms in total. The van der Waals surface area contributed by atoms with E-state index in [1.54, 1.807) is 0 Å². The molecule has 0 amide bonds. The van der Waals surface area contributed by atoms with Crippen LogP contribution in [-0.4, -0.2) is 6.54 Å². The maximum absolute atomic E-state index is 13.9. The Hall–Kier alpha value is -0.890. The van der Waals surface area contributed by atoms with Crippen LogP contribution >= 0.6 is 0 Å². The van der Waals surface area contributed by atoms with Crippen molar-refractivity contribution in [3.63, 3.8) is 0 Å². The van der Waals surface area contributed by atoms with Crippen molar-refractivity contribution in [1.29, 1.82) is 0 Å². The summed E-state index contributed by atoms with van der Waals surface area (Å²) in [6.07, 6.45) is 5.21. The maximum atomic E-state index is 13.9. The second kappa shape index (κ2) is 6.48. The molecule has 2 atom stereocenters. The minimum atomic E-state index is -0.0584. The molecule has 0 spiro atoms. The molecule has 1 aromatic carbocycles. The van der Waals surface area contributed by atoms with Gasteiger partial charge in [0.15, 0.2) is 0 Å². The zero-order valence-electron chi connectivity index (χ0n) is 14.2. The van der Waals surface area contributed by atoms with Crippen LogP contribution in [0.1, 0.15) is 69.2 Å². The Bertz CT molecular complexity index is 469. The van der Waals surface area contributed by atoms with Crippen LogP contribution in [-0.2, 0) is 0 Å². The van der Waals surface area contributed by atoms with E-state index < -0.39 is 0 Å². The second-order valence-electron chi connectivity index (χ2n) is 7.34. The van der Waals surface area contributed by atoms with Crippen molar-refractivity contribution in [2.24, 2.45) is 11.3 Å². The third-order valence-electron chi connectivity index (χ3n) is 5.23. The van der Waals surface area contributed by atoms with E-state index in [1.165, 1.54) is 31.2 Å². The molecule has 21 heavy (non-hydrogen) atoms. The van der Waals surface area contributed by atoms with Crippen LogP contribution in [0.3, 0.4) is 0 Å². The van der Waals surface area contributed by atoms with Crippen molar-refractivity contribution in [2.75, 3.05) is 6.54 Å². The van der Waals surface area contributed by atoms with E-state index in [9.17, 15) is 4.39 Å². The lowest BCUT2D eigenvalue weighted by atomic mass is 9.64. The molecule has 0 radical (unpaired) electrons. The maximum Gasteiger partial charge on any atom is 0.129 e. The van der Waals surface area contributed by atoms with Gasteiger partial charge in [0.25, 0.3) is 0 Å². The molecule has 2 unspecified atom stereocenters. The highest BCUT2D eigenvalue weighted by Crippen LogP contribution is 2.47. The van der Waals surface area contributed by atoms with Gasteiger partial charge in [0.2, 0.25) is 0 Å². The third-order valence-corrected chi connectivity index (χ3v) is 5.23. The van der Waals surface area contributed by atoms with E-state index in [0.29, 0.717) is 17.4 Å². The number of benzene rings is 1. The molecule has 1 aromatic rings. The fourth-order valence-corrected chi connectivity index (χ4v) is 4.01. The predicted molar refractivity (Wildman–Crippen MR) is 88.0 cm³/mol. The van der Waals surface area contributed by atoms with Gasteiger partial charge in [-0.1, -0.05) is 45.7 Å². The van der Waals surface area contributed by atoms with Crippen LogP contribution in [0.2, 0.25) is 0 Å². The fraction of sp³-hybridized carbons (Fsp3) is 0.684. The van der Waals surface area contributed by atoms with Crippen LogP contribution in [0.5, 0.6) is 0 Å². The molecule has 1 aliphatic rings. The van der Waals surface area contributed by atoms with Crippen LogP contribution < -0.4 is 5.32 Å². The van der Waals surface area contributed by atoms with Crippen molar-refractivity contribution >= 4 is 0 Å². The normalized spacial score (nSPS) is 23.0. The van der Waals surface area contributed by atoms with Crippen LogP contribution in [0, 0.1) is 31.0 Å². The number of nitrogens with one attached hydrogen (secondary N) is 1. The number of aryl methyl sites for hydroxylation is 2. The van der Waals surface area contributed by atoms with Crippen LogP contribution in [0.4, 0.5) is 4.39 Å². The molecule has 1 fully saturated rings. The van der Waals surface area contributed by atoms with Crippen LogP contribution in [0.25, 0.3) is 0 Å². The lowest BCUT2D eigenvalue weighted by Gasteiger charge is -2.44. The molecule has 1 aliphatic carbocycles. The molecular formula is C19H30FN. The molecule has 0 aliphatic heterocycles. The lowest BCUT2D eigenvalue weighted by molar-refractivity contribution is 0.0987. The van der Waals surface area contributed by atoms with Crippen LogP contribution in [0.15, 0.2) is 12.1 Å². The first-order valence-corrected chi connectivity index (χ1v) is 8.37. The van der Waals surface area contributed by atoms with E-state index in [0.717, 1.165) is 17.7 Å². The lowest BCUT2D eigenvalue weighted by Crippen LogP contribution is -2.39. The molecule has 118 valence electrons. The Kier molecular flexibility index (Phi) is 5.08. The van der Waals surface area contributed by atoms with Gasteiger partial charge in [-0.25, -0.2) is 4.39 Å². The van der Waals surface area contributed by atoms with E-state index in [-0.39, 0.29) is 5.82 Å². The summed E-state index contributed by atoms with van der Waals surface area (Å²) in [5, 5.41) is 3.68. The highest BCUT2D eigenvalue weighted by Gasteiger charge is 2.38. The van der Waals surface area contributed by atoms with Gasteiger partial charge in [0, 0.05) is 6.04 Å². The smallest absolute Gasteiger partial charge is 0.129 e. The van der Waals surface area contributed by atoms with Gasteiger partial charge in [-0.2, -0.15) is 0 Å². The number of hydrogen-bond acceptors (Lipinski definition) is 1. The Balaban J connectivity index is 2.38. The quantitative estimate of drug-likeness (QED) is 0.792. The monoisotopic (exact) mass is 291 g/mol. The minimum Gasteiger partial charge on any atom is -0.310 e. The molecule has 0 bridgehead atoms. The van der Waals surface area contributed by atoms with Gasteiger partial charge >= 0.3 is 0 Å². The summed E-state index contributed by atoms with van der Waals surface area (Å²) >= 11 is 0. The first kappa shape index (κ1) is 16.5. The standard InChI is InChI=1S/C19H30FN/c1-6-21-18(16-9-7-8-10-19(16,4)5)15-11-13(2)17(20)14(3)12-15/h11-12,16,18,21H,6-10H2,1-5H3. The van der Waals surface area contributed by atoms with Crippen molar-refractivity contribution < 1.29 is 4.39 Å². The van der Waals surface area contributed by atoms with Gasteiger partial charge in [-0.05, 0) is 61.3 Å². The van der Waals surface area contributed by atoms with Crippen molar-refractivity contribution in [1.82, 2.24) is 5.32 Å². The largest absolute Gasteiger partial charge is 0.310 e. The topological polar surface area (TPSA) is 12.0 Å². The van der Waals surface area contributed by atoms with Gasteiger partial charge in [0.1, 0.15) is 5.82 Å². The zero-order chi connectivity index (χ0) is 15.6. The zero-order valence-corrected chi connectivity index (χ0v) is 14.2. The van der Waals surface area contributed by atoms with Crippen molar-refractivity contribution in [3.8, 4) is 0 Å². The number of hydrogen-bond donors (Lipinski definition) is 1. The second-order valence-corrected chi connectivity index (χ2v) is 7.34. The summed E-state index contributed by atoms with van der Waals surface area (Å²) in [5.41, 5.74) is 3.14. The number of halogens is 1. The summed E-state index contributed by atoms with van der Waals surface area (Å²) in [7, 11) is 0. The first-order valence-electron chi connectivity index (χ1n) is 8.37. The van der Waals surface area contributed by atoms with Crippen molar-refractivity contribution in [3.05, 3.63) is 34.6 Å². The van der Waals surface area contributed by atoms with Gasteiger partial charge in [0.05, 0.1) is 0 Å². The van der Waals surface area contributed by atoms with E-state index >= 15 is 0 Å². The van der Waals surface area contributed by atoms with E-state index in [2.05, 4.69) is 26.1 Å². The molecule has 1 N–H and O–H groups in total. The molecule has 0 saturated heterocycles. The molecule has 2 rings (SSSR count). The third kappa shape index (κ3) is 3.48. The summed E-state index contributed by atoms with van der Waals surface area (Å²) in [5.74, 6) is 0.562. The summed E-state index contributed by atoms with van der Waals surface area (Å²) in [6.45, 7) is 11.6. The molecule has 1 saturated carbocycles.